The van der Waals surface area contributed by atoms with Crippen molar-refractivity contribution in [3.05, 3.63) is 46.8 Å². The molecule has 1 aromatic heterocycles. The fourth-order valence-corrected chi connectivity index (χ4v) is 4.06. The molecule has 1 amide bonds. The highest BCUT2D eigenvalue weighted by molar-refractivity contribution is 9.10. The first kappa shape index (κ1) is 17.2. The maximum atomic E-state index is 12.6. The Kier molecular flexibility index (Phi) is 5.04. The Morgan fingerprint density at radius 3 is 2.58 bits per heavy atom. The molecule has 0 bridgehead atoms. The topological polar surface area (TPSA) is 88.9 Å². The zero-order chi connectivity index (χ0) is 17.2. The van der Waals surface area contributed by atoms with Gasteiger partial charge in [-0.15, -0.1) is 0 Å². The van der Waals surface area contributed by atoms with Gasteiger partial charge in [-0.2, -0.15) is 4.31 Å². The summed E-state index contributed by atoms with van der Waals surface area (Å²) in [6, 6.07) is 9.27. The molecule has 0 spiro atoms. The maximum Gasteiger partial charge on any atom is 0.291 e. The first-order valence-electron chi connectivity index (χ1n) is 7.21. The zero-order valence-corrected chi connectivity index (χ0v) is 15.0. The van der Waals surface area contributed by atoms with E-state index in [2.05, 4.69) is 21.2 Å². The minimum atomic E-state index is -3.61. The first-order chi connectivity index (χ1) is 11.5. The smallest absolute Gasteiger partial charge is 0.291 e. The largest absolute Gasteiger partial charge is 0.444 e. The standard InChI is InChI=1S/C15H15BrN2O5S/c16-14-5-4-13(23-14)15(19)17-11-2-1-3-12(10-11)24(20,21)18-6-8-22-9-7-18/h1-5,10H,6-9H2,(H,17,19). The van der Waals surface area contributed by atoms with Crippen molar-refractivity contribution in [2.75, 3.05) is 31.6 Å². The number of hydrogen-bond donors (Lipinski definition) is 1. The molecule has 0 aliphatic carbocycles. The van der Waals surface area contributed by atoms with Gasteiger partial charge < -0.3 is 14.5 Å². The Balaban J connectivity index is 1.80. The van der Waals surface area contributed by atoms with Crippen molar-refractivity contribution in [1.29, 1.82) is 0 Å². The summed E-state index contributed by atoms with van der Waals surface area (Å²) in [5.41, 5.74) is 0.377. The van der Waals surface area contributed by atoms with Gasteiger partial charge in [-0.25, -0.2) is 8.42 Å². The number of carbonyl (C=O) groups is 1. The number of sulfonamides is 1. The molecule has 0 saturated carbocycles. The van der Waals surface area contributed by atoms with Crippen LogP contribution in [0, 0.1) is 0 Å². The van der Waals surface area contributed by atoms with Crippen LogP contribution in [-0.4, -0.2) is 44.9 Å². The van der Waals surface area contributed by atoms with Crippen LogP contribution in [0.2, 0.25) is 0 Å². The van der Waals surface area contributed by atoms with Crippen LogP contribution in [0.5, 0.6) is 0 Å². The molecule has 1 N–H and O–H groups in total. The number of carbonyl (C=O) groups excluding carboxylic acids is 1. The van der Waals surface area contributed by atoms with E-state index in [1.54, 1.807) is 18.2 Å². The zero-order valence-electron chi connectivity index (χ0n) is 12.6. The number of ether oxygens (including phenoxy) is 1. The third kappa shape index (κ3) is 3.69. The number of morpholine rings is 1. The van der Waals surface area contributed by atoms with E-state index < -0.39 is 15.9 Å². The van der Waals surface area contributed by atoms with Gasteiger partial charge in [0, 0.05) is 18.8 Å². The van der Waals surface area contributed by atoms with Crippen molar-refractivity contribution in [3.8, 4) is 0 Å². The van der Waals surface area contributed by atoms with Crippen LogP contribution < -0.4 is 5.32 Å². The molecule has 7 nitrogen and oxygen atoms in total. The van der Waals surface area contributed by atoms with Crippen molar-refractivity contribution < 1.29 is 22.4 Å². The van der Waals surface area contributed by atoms with Crippen LogP contribution in [0.15, 0.2) is 50.4 Å². The van der Waals surface area contributed by atoms with Crippen LogP contribution >= 0.6 is 15.9 Å². The molecule has 1 saturated heterocycles. The summed E-state index contributed by atoms with van der Waals surface area (Å²) < 4.78 is 37.4. The number of halogens is 1. The van der Waals surface area contributed by atoms with Gasteiger partial charge in [-0.1, -0.05) is 6.07 Å². The van der Waals surface area contributed by atoms with Gasteiger partial charge in [0.2, 0.25) is 10.0 Å². The van der Waals surface area contributed by atoms with Gasteiger partial charge in [-0.05, 0) is 46.3 Å². The Morgan fingerprint density at radius 2 is 1.92 bits per heavy atom. The van der Waals surface area contributed by atoms with Crippen molar-refractivity contribution >= 4 is 37.5 Å². The summed E-state index contributed by atoms with van der Waals surface area (Å²) >= 11 is 3.13. The molecule has 24 heavy (non-hydrogen) atoms. The second-order valence-corrected chi connectivity index (χ2v) is 7.82. The average molecular weight is 415 g/mol. The van der Waals surface area contributed by atoms with Crippen LogP contribution in [0.25, 0.3) is 0 Å². The van der Waals surface area contributed by atoms with Gasteiger partial charge in [0.05, 0.1) is 18.1 Å². The molecule has 0 atom stereocenters. The molecule has 1 fully saturated rings. The summed E-state index contributed by atoms with van der Waals surface area (Å²) in [5, 5.41) is 2.63. The lowest BCUT2D eigenvalue weighted by molar-refractivity contribution is 0.0730. The van der Waals surface area contributed by atoms with E-state index in [9.17, 15) is 13.2 Å². The molecule has 2 heterocycles. The second kappa shape index (κ2) is 7.06. The number of amides is 1. The molecule has 2 aromatic rings. The molecule has 1 aliphatic rings. The summed E-state index contributed by atoms with van der Waals surface area (Å²) in [4.78, 5) is 12.2. The molecular formula is C15H15BrN2O5S. The average Bonchev–Trinajstić information content (AvgIpc) is 3.02. The predicted molar refractivity (Wildman–Crippen MR) is 90.4 cm³/mol. The second-order valence-electron chi connectivity index (χ2n) is 5.10. The van der Waals surface area contributed by atoms with Crippen LogP contribution in [-0.2, 0) is 14.8 Å². The SMILES string of the molecule is O=C(Nc1cccc(S(=O)(=O)N2CCOCC2)c1)c1ccc(Br)o1. The summed E-state index contributed by atoms with van der Waals surface area (Å²) in [6.45, 7) is 1.39. The molecule has 1 aromatic carbocycles. The summed E-state index contributed by atoms with van der Waals surface area (Å²) in [6.07, 6.45) is 0. The van der Waals surface area contributed by atoms with Gasteiger partial charge in [0.15, 0.2) is 10.4 Å². The Bertz CT molecular complexity index is 843. The van der Waals surface area contributed by atoms with Crippen molar-refractivity contribution in [2.45, 2.75) is 4.90 Å². The number of benzene rings is 1. The number of anilines is 1. The number of nitrogens with one attached hydrogen (secondary N) is 1. The fourth-order valence-electron chi connectivity index (χ4n) is 2.30. The summed E-state index contributed by atoms with van der Waals surface area (Å²) in [7, 11) is -3.61. The Hall–Kier alpha value is -1.68. The van der Waals surface area contributed by atoms with Gasteiger partial charge >= 0.3 is 0 Å². The van der Waals surface area contributed by atoms with Gasteiger partial charge in [0.1, 0.15) is 0 Å². The lowest BCUT2D eigenvalue weighted by Gasteiger charge is -2.26. The molecule has 9 heteroatoms. The number of furan rings is 1. The lowest BCUT2D eigenvalue weighted by atomic mass is 10.3. The highest BCUT2D eigenvalue weighted by Gasteiger charge is 2.26. The lowest BCUT2D eigenvalue weighted by Crippen LogP contribution is -2.40. The highest BCUT2D eigenvalue weighted by atomic mass is 79.9. The molecule has 1 aliphatic heterocycles. The van der Waals surface area contributed by atoms with Crippen LogP contribution in [0.4, 0.5) is 5.69 Å². The quantitative estimate of drug-likeness (QED) is 0.828. The van der Waals surface area contributed by atoms with E-state index in [1.165, 1.54) is 22.5 Å². The van der Waals surface area contributed by atoms with Crippen LogP contribution in [0.1, 0.15) is 10.6 Å². The van der Waals surface area contributed by atoms with Gasteiger partial charge in [0.25, 0.3) is 5.91 Å². The molecule has 128 valence electrons. The molecule has 3 rings (SSSR count). The fraction of sp³-hybridized carbons (Fsp3) is 0.267. The van der Waals surface area contributed by atoms with E-state index in [0.717, 1.165) is 0 Å². The van der Waals surface area contributed by atoms with E-state index in [0.29, 0.717) is 36.7 Å². The van der Waals surface area contributed by atoms with E-state index in [-0.39, 0.29) is 10.7 Å². The molecule has 0 radical (unpaired) electrons. The highest BCUT2D eigenvalue weighted by Crippen LogP contribution is 2.21. The van der Waals surface area contributed by atoms with Gasteiger partial charge in [-0.3, -0.25) is 4.79 Å². The van der Waals surface area contributed by atoms with E-state index in [1.807, 2.05) is 0 Å². The van der Waals surface area contributed by atoms with Crippen molar-refractivity contribution in [2.24, 2.45) is 0 Å². The number of hydrogen-bond acceptors (Lipinski definition) is 5. The summed E-state index contributed by atoms with van der Waals surface area (Å²) in [5.74, 6) is -0.329. The van der Waals surface area contributed by atoms with Crippen molar-refractivity contribution in [1.82, 2.24) is 4.31 Å². The number of rotatable bonds is 4. The van der Waals surface area contributed by atoms with E-state index in [4.69, 9.17) is 9.15 Å². The normalized spacial score (nSPS) is 16.0. The first-order valence-corrected chi connectivity index (χ1v) is 9.45. The monoisotopic (exact) mass is 414 g/mol. The third-order valence-electron chi connectivity index (χ3n) is 3.50. The minimum absolute atomic E-state index is 0.128. The van der Waals surface area contributed by atoms with Crippen molar-refractivity contribution in [3.63, 3.8) is 0 Å². The van der Waals surface area contributed by atoms with Crippen LogP contribution in [0.3, 0.4) is 0 Å². The Labute approximate surface area is 147 Å². The molecule has 0 unspecified atom stereocenters. The Morgan fingerprint density at radius 1 is 1.17 bits per heavy atom. The minimum Gasteiger partial charge on any atom is -0.444 e. The maximum absolute atomic E-state index is 12.6. The van der Waals surface area contributed by atoms with E-state index >= 15 is 0 Å². The predicted octanol–water partition coefficient (Wildman–Crippen LogP) is 2.32. The third-order valence-corrected chi connectivity index (χ3v) is 5.82. The number of nitrogens with zero attached hydrogens (tertiary/aromatic N) is 1. The molecular weight excluding hydrogens is 400 g/mol.